The summed E-state index contributed by atoms with van der Waals surface area (Å²) in [6.07, 6.45) is 0.455. The predicted octanol–water partition coefficient (Wildman–Crippen LogP) is 7.70. The average Bonchev–Trinajstić information content (AvgIpc) is 3.54. The Bertz CT molecular complexity index is 1620. The van der Waals surface area contributed by atoms with Gasteiger partial charge in [-0.25, -0.2) is 5.01 Å². The number of rotatable bonds is 3. The lowest BCUT2D eigenvalue weighted by molar-refractivity contribution is -0.0189. The van der Waals surface area contributed by atoms with E-state index in [1.807, 2.05) is 48.5 Å². The van der Waals surface area contributed by atoms with Gasteiger partial charge < -0.3 is 9.26 Å². The second-order valence-corrected chi connectivity index (χ2v) is 9.75. The minimum absolute atomic E-state index is 0.102. The fraction of sp³-hybridized carbons (Fsp3) is 0.133. The SMILES string of the molecule is Cc1ccc(C2=NN3[C@@H](c4ccc5noc(-c6ccc(Cl)cc6)c5c4)Oc4ccccc4[C@@H]3C2)cc1. The van der Waals surface area contributed by atoms with Gasteiger partial charge in [-0.2, -0.15) is 5.10 Å². The molecule has 0 spiro atoms. The molecular formula is C30H22ClN3O2. The van der Waals surface area contributed by atoms with Crippen LogP contribution in [-0.4, -0.2) is 15.9 Å². The highest BCUT2D eigenvalue weighted by Gasteiger charge is 2.41. The van der Waals surface area contributed by atoms with E-state index in [2.05, 4.69) is 59.6 Å². The van der Waals surface area contributed by atoms with Crippen molar-refractivity contribution >= 4 is 28.2 Å². The van der Waals surface area contributed by atoms with Gasteiger partial charge in [0.2, 0.25) is 6.23 Å². The van der Waals surface area contributed by atoms with Crippen LogP contribution in [0, 0.1) is 6.92 Å². The van der Waals surface area contributed by atoms with E-state index in [-0.39, 0.29) is 12.3 Å². The maximum absolute atomic E-state index is 6.57. The number of fused-ring (bicyclic) bond motifs is 4. The summed E-state index contributed by atoms with van der Waals surface area (Å²) in [6.45, 7) is 2.10. The van der Waals surface area contributed by atoms with E-state index in [1.165, 1.54) is 5.56 Å². The summed E-state index contributed by atoms with van der Waals surface area (Å²) in [6, 6.07) is 30.6. The predicted molar refractivity (Wildman–Crippen MR) is 141 cm³/mol. The largest absolute Gasteiger partial charge is 0.464 e. The Labute approximate surface area is 213 Å². The quantitative estimate of drug-likeness (QED) is 0.259. The number of nitrogens with zero attached hydrogens (tertiary/aromatic N) is 3. The lowest BCUT2D eigenvalue weighted by Gasteiger charge is -2.38. The molecule has 36 heavy (non-hydrogen) atoms. The lowest BCUT2D eigenvalue weighted by atomic mass is 9.95. The number of benzene rings is 4. The van der Waals surface area contributed by atoms with Gasteiger partial charge in [-0.15, -0.1) is 0 Å². The maximum Gasteiger partial charge on any atom is 0.213 e. The molecule has 0 bridgehead atoms. The molecule has 7 rings (SSSR count). The van der Waals surface area contributed by atoms with Gasteiger partial charge in [0, 0.05) is 28.1 Å². The smallest absolute Gasteiger partial charge is 0.213 e. The number of para-hydroxylation sites is 1. The van der Waals surface area contributed by atoms with Gasteiger partial charge in [0.15, 0.2) is 5.76 Å². The standard InChI is InChI=1S/C30H22ClN3O2/c1-18-6-8-19(9-7-18)26-17-27-23-4-2-3-5-28(23)35-30(34(27)32-26)21-12-15-25-24(16-21)29(36-33-25)20-10-13-22(31)14-11-20/h2-16,27,30H,17H2,1H3/t27-,30+/m0/s1. The van der Waals surface area contributed by atoms with E-state index in [4.69, 9.17) is 26.0 Å². The Balaban J connectivity index is 1.33. The highest BCUT2D eigenvalue weighted by Crippen LogP contribution is 2.48. The van der Waals surface area contributed by atoms with Crippen molar-refractivity contribution < 1.29 is 9.26 Å². The van der Waals surface area contributed by atoms with Gasteiger partial charge in [0.25, 0.3) is 0 Å². The van der Waals surface area contributed by atoms with E-state index >= 15 is 0 Å². The van der Waals surface area contributed by atoms with Crippen molar-refractivity contribution in [1.82, 2.24) is 10.2 Å². The molecule has 3 heterocycles. The third-order valence-corrected chi connectivity index (χ3v) is 7.23. The topological polar surface area (TPSA) is 50.9 Å². The third kappa shape index (κ3) is 3.47. The van der Waals surface area contributed by atoms with Crippen molar-refractivity contribution in [3.8, 4) is 17.1 Å². The van der Waals surface area contributed by atoms with Crippen LogP contribution in [0.2, 0.25) is 5.02 Å². The second-order valence-electron chi connectivity index (χ2n) is 9.32. The van der Waals surface area contributed by atoms with Gasteiger partial charge in [0.05, 0.1) is 17.1 Å². The monoisotopic (exact) mass is 491 g/mol. The molecule has 4 aromatic carbocycles. The first-order chi connectivity index (χ1) is 17.6. The van der Waals surface area contributed by atoms with Crippen molar-refractivity contribution in [2.45, 2.75) is 25.6 Å². The Morgan fingerprint density at radius 2 is 1.67 bits per heavy atom. The zero-order chi connectivity index (χ0) is 24.2. The van der Waals surface area contributed by atoms with E-state index in [0.29, 0.717) is 10.8 Å². The summed E-state index contributed by atoms with van der Waals surface area (Å²) in [5, 5.41) is 13.1. The molecule has 0 radical (unpaired) electrons. The van der Waals surface area contributed by atoms with Gasteiger partial charge in [-0.1, -0.05) is 70.9 Å². The first-order valence-corrected chi connectivity index (χ1v) is 12.4. The highest BCUT2D eigenvalue weighted by atomic mass is 35.5. The van der Waals surface area contributed by atoms with Crippen LogP contribution >= 0.6 is 11.6 Å². The molecule has 0 saturated heterocycles. The van der Waals surface area contributed by atoms with E-state index in [9.17, 15) is 0 Å². The lowest BCUT2D eigenvalue weighted by Crippen LogP contribution is -2.33. The molecular weight excluding hydrogens is 470 g/mol. The molecule has 6 heteroatoms. The van der Waals surface area contributed by atoms with E-state index in [0.717, 1.165) is 51.0 Å². The van der Waals surface area contributed by atoms with Crippen LogP contribution in [0.5, 0.6) is 5.75 Å². The van der Waals surface area contributed by atoms with Crippen molar-refractivity contribution in [3.63, 3.8) is 0 Å². The van der Waals surface area contributed by atoms with Crippen LogP contribution in [0.25, 0.3) is 22.2 Å². The molecule has 0 unspecified atom stereocenters. The Hall–Kier alpha value is -4.09. The molecule has 0 amide bonds. The zero-order valence-electron chi connectivity index (χ0n) is 19.6. The summed E-state index contributed by atoms with van der Waals surface area (Å²) >= 11 is 6.09. The first kappa shape index (κ1) is 21.2. The third-order valence-electron chi connectivity index (χ3n) is 6.98. The van der Waals surface area contributed by atoms with Crippen molar-refractivity contribution in [1.29, 1.82) is 0 Å². The van der Waals surface area contributed by atoms with Gasteiger partial charge in [-0.3, -0.25) is 0 Å². The van der Waals surface area contributed by atoms with E-state index in [1.54, 1.807) is 0 Å². The molecule has 0 saturated carbocycles. The fourth-order valence-corrected chi connectivity index (χ4v) is 5.22. The maximum atomic E-state index is 6.57. The molecule has 0 N–H and O–H groups in total. The number of hydrogen-bond acceptors (Lipinski definition) is 5. The van der Waals surface area contributed by atoms with Crippen LogP contribution in [0.3, 0.4) is 0 Å². The summed E-state index contributed by atoms with van der Waals surface area (Å²) in [7, 11) is 0. The second kappa shape index (κ2) is 8.25. The summed E-state index contributed by atoms with van der Waals surface area (Å²) in [5.41, 5.74) is 7.32. The molecule has 2 aliphatic rings. The number of hydrogen-bond donors (Lipinski definition) is 0. The summed E-state index contributed by atoms with van der Waals surface area (Å²) < 4.78 is 12.3. The molecule has 0 fully saturated rings. The first-order valence-electron chi connectivity index (χ1n) is 12.0. The molecule has 5 aromatic rings. The molecule has 2 atom stereocenters. The van der Waals surface area contributed by atoms with Crippen molar-refractivity contribution in [2.24, 2.45) is 5.10 Å². The Morgan fingerprint density at radius 3 is 2.50 bits per heavy atom. The molecule has 0 aliphatic carbocycles. The normalized spacial score (nSPS) is 18.5. The minimum atomic E-state index is -0.370. The van der Waals surface area contributed by atoms with Gasteiger partial charge in [0.1, 0.15) is 11.3 Å². The molecule has 5 nitrogen and oxygen atoms in total. The van der Waals surface area contributed by atoms with Crippen LogP contribution in [0.4, 0.5) is 0 Å². The van der Waals surface area contributed by atoms with Gasteiger partial charge in [-0.05, 0) is 55.0 Å². The zero-order valence-corrected chi connectivity index (χ0v) is 20.3. The fourth-order valence-electron chi connectivity index (χ4n) is 5.10. The number of ether oxygens (including phenoxy) is 1. The van der Waals surface area contributed by atoms with Crippen LogP contribution in [-0.2, 0) is 0 Å². The number of aromatic nitrogens is 1. The molecule has 2 aliphatic heterocycles. The molecule has 1 aromatic heterocycles. The van der Waals surface area contributed by atoms with Crippen molar-refractivity contribution in [2.75, 3.05) is 0 Å². The van der Waals surface area contributed by atoms with Crippen LogP contribution in [0.15, 0.2) is 101 Å². The minimum Gasteiger partial charge on any atom is -0.464 e. The van der Waals surface area contributed by atoms with Crippen molar-refractivity contribution in [3.05, 3.63) is 118 Å². The number of hydrazone groups is 1. The summed E-state index contributed by atoms with van der Waals surface area (Å²) in [4.78, 5) is 0. The Kier molecular flexibility index (Phi) is 4.86. The van der Waals surface area contributed by atoms with Gasteiger partial charge >= 0.3 is 0 Å². The number of aryl methyl sites for hydroxylation is 1. The molecule has 176 valence electrons. The highest BCUT2D eigenvalue weighted by molar-refractivity contribution is 6.30. The number of halogens is 1. The van der Waals surface area contributed by atoms with Crippen LogP contribution < -0.4 is 4.74 Å². The average molecular weight is 492 g/mol. The Morgan fingerprint density at radius 1 is 0.889 bits per heavy atom. The van der Waals surface area contributed by atoms with E-state index < -0.39 is 0 Å². The van der Waals surface area contributed by atoms with Crippen LogP contribution in [0.1, 0.15) is 40.9 Å². The summed E-state index contributed by atoms with van der Waals surface area (Å²) in [5.74, 6) is 1.61.